The summed E-state index contributed by atoms with van der Waals surface area (Å²) in [5.74, 6) is 0. The molecule has 4 nitrogen and oxygen atoms in total. The molecule has 0 heterocycles. The third-order valence-electron chi connectivity index (χ3n) is 1.98. The van der Waals surface area contributed by atoms with Crippen molar-refractivity contribution in [2.24, 2.45) is 5.73 Å². The molecule has 1 aromatic rings. The number of rotatable bonds is 3. The summed E-state index contributed by atoms with van der Waals surface area (Å²) in [6.07, 6.45) is 3.68. The van der Waals surface area contributed by atoms with Gasteiger partial charge in [0.15, 0.2) is 0 Å². The van der Waals surface area contributed by atoms with Gasteiger partial charge in [-0.15, -0.1) is 0 Å². The molecule has 0 bridgehead atoms. The van der Waals surface area contributed by atoms with E-state index in [1.807, 2.05) is 6.07 Å². The fourth-order valence-corrected chi connectivity index (χ4v) is 1.20. The molecule has 0 unspecified atom stereocenters. The molecule has 0 fully saturated rings. The molecule has 78 valence electrons. The SMILES string of the molecule is CN(C(N)=O)c1ccccc1/C=C/C=O. The normalized spacial score (nSPS) is 10.2. The van der Waals surface area contributed by atoms with E-state index in [0.717, 1.165) is 5.56 Å². The van der Waals surface area contributed by atoms with Crippen LogP contribution in [0.25, 0.3) is 6.08 Å². The number of urea groups is 1. The van der Waals surface area contributed by atoms with Crippen LogP contribution in [0.4, 0.5) is 10.5 Å². The van der Waals surface area contributed by atoms with Gasteiger partial charge in [0, 0.05) is 7.05 Å². The van der Waals surface area contributed by atoms with Crippen LogP contribution in [-0.2, 0) is 4.79 Å². The number of para-hydroxylation sites is 1. The number of amides is 2. The summed E-state index contributed by atoms with van der Waals surface area (Å²) in [4.78, 5) is 22.5. The van der Waals surface area contributed by atoms with E-state index in [4.69, 9.17) is 5.73 Å². The maximum atomic E-state index is 11.0. The Hall–Kier alpha value is -2.10. The van der Waals surface area contributed by atoms with Crippen LogP contribution in [-0.4, -0.2) is 19.4 Å². The molecule has 2 amide bonds. The average molecular weight is 204 g/mol. The summed E-state index contributed by atoms with van der Waals surface area (Å²) in [6, 6.07) is 6.64. The highest BCUT2D eigenvalue weighted by Crippen LogP contribution is 2.19. The van der Waals surface area contributed by atoms with Gasteiger partial charge in [0.2, 0.25) is 0 Å². The highest BCUT2D eigenvalue weighted by Gasteiger charge is 2.08. The molecule has 0 aliphatic rings. The van der Waals surface area contributed by atoms with E-state index in [-0.39, 0.29) is 0 Å². The Balaban J connectivity index is 3.11. The van der Waals surface area contributed by atoms with Crippen molar-refractivity contribution in [2.45, 2.75) is 0 Å². The van der Waals surface area contributed by atoms with E-state index in [9.17, 15) is 9.59 Å². The van der Waals surface area contributed by atoms with Gasteiger partial charge in [-0.05, 0) is 23.8 Å². The molecule has 0 saturated carbocycles. The van der Waals surface area contributed by atoms with Gasteiger partial charge >= 0.3 is 6.03 Å². The van der Waals surface area contributed by atoms with Gasteiger partial charge in [0.25, 0.3) is 0 Å². The standard InChI is InChI=1S/C11H12N2O2/c1-13(11(12)15)10-7-3-2-5-9(10)6-4-8-14/h2-8H,1H3,(H2,12,15)/b6-4+. The lowest BCUT2D eigenvalue weighted by atomic mass is 10.1. The quantitative estimate of drug-likeness (QED) is 0.597. The van der Waals surface area contributed by atoms with E-state index in [2.05, 4.69) is 0 Å². The van der Waals surface area contributed by atoms with Crippen LogP contribution < -0.4 is 10.6 Å². The first-order valence-electron chi connectivity index (χ1n) is 4.41. The van der Waals surface area contributed by atoms with Crippen LogP contribution >= 0.6 is 0 Å². The number of nitrogens with zero attached hydrogens (tertiary/aromatic N) is 1. The summed E-state index contributed by atoms with van der Waals surface area (Å²) in [5, 5.41) is 0. The summed E-state index contributed by atoms with van der Waals surface area (Å²) < 4.78 is 0. The summed E-state index contributed by atoms with van der Waals surface area (Å²) in [7, 11) is 1.58. The van der Waals surface area contributed by atoms with Gasteiger partial charge in [-0.25, -0.2) is 4.79 Å². The number of aldehydes is 1. The van der Waals surface area contributed by atoms with Gasteiger partial charge in [-0.3, -0.25) is 9.69 Å². The molecule has 0 spiro atoms. The zero-order valence-electron chi connectivity index (χ0n) is 8.38. The third-order valence-corrected chi connectivity index (χ3v) is 1.98. The molecule has 4 heteroatoms. The number of carbonyl (C=O) groups is 2. The van der Waals surface area contributed by atoms with Crippen molar-refractivity contribution in [1.29, 1.82) is 0 Å². The lowest BCUT2D eigenvalue weighted by molar-refractivity contribution is -0.104. The predicted octanol–water partition coefficient (Wildman–Crippen LogP) is 1.41. The van der Waals surface area contributed by atoms with Gasteiger partial charge in [-0.1, -0.05) is 18.2 Å². The first-order chi connectivity index (χ1) is 7.16. The Labute approximate surface area is 88.0 Å². The molecule has 1 aromatic carbocycles. The van der Waals surface area contributed by atoms with Crippen molar-refractivity contribution in [3.63, 3.8) is 0 Å². The topological polar surface area (TPSA) is 63.4 Å². The summed E-state index contributed by atoms with van der Waals surface area (Å²) >= 11 is 0. The van der Waals surface area contributed by atoms with Gasteiger partial charge in [0.1, 0.15) is 6.29 Å². The van der Waals surface area contributed by atoms with Crippen LogP contribution in [0.5, 0.6) is 0 Å². The first-order valence-corrected chi connectivity index (χ1v) is 4.41. The molecular formula is C11H12N2O2. The molecule has 2 N–H and O–H groups in total. The van der Waals surface area contributed by atoms with Crippen molar-refractivity contribution in [2.75, 3.05) is 11.9 Å². The second kappa shape index (κ2) is 4.95. The highest BCUT2D eigenvalue weighted by atomic mass is 16.2. The average Bonchev–Trinajstić information content (AvgIpc) is 2.25. The lowest BCUT2D eigenvalue weighted by Crippen LogP contribution is -2.32. The highest BCUT2D eigenvalue weighted by molar-refractivity contribution is 5.93. The Bertz CT molecular complexity index is 399. The number of benzene rings is 1. The smallest absolute Gasteiger partial charge is 0.319 e. The van der Waals surface area contributed by atoms with Crippen molar-refractivity contribution in [3.8, 4) is 0 Å². The van der Waals surface area contributed by atoms with Crippen molar-refractivity contribution in [3.05, 3.63) is 35.9 Å². The van der Waals surface area contributed by atoms with Crippen LogP contribution in [0.2, 0.25) is 0 Å². The molecule has 0 radical (unpaired) electrons. The largest absolute Gasteiger partial charge is 0.351 e. The molecule has 0 aliphatic carbocycles. The minimum Gasteiger partial charge on any atom is -0.351 e. The zero-order valence-corrected chi connectivity index (χ0v) is 8.38. The lowest BCUT2D eigenvalue weighted by Gasteiger charge is -2.16. The number of allylic oxidation sites excluding steroid dienone is 1. The van der Waals surface area contributed by atoms with Crippen molar-refractivity contribution >= 4 is 24.1 Å². The van der Waals surface area contributed by atoms with Crippen molar-refractivity contribution in [1.82, 2.24) is 0 Å². The summed E-state index contributed by atoms with van der Waals surface area (Å²) in [6.45, 7) is 0. The number of carbonyl (C=O) groups excluding carboxylic acids is 2. The first kappa shape index (κ1) is 11.0. The second-order valence-corrected chi connectivity index (χ2v) is 2.95. The number of nitrogens with two attached hydrogens (primary N) is 1. The number of hydrogen-bond donors (Lipinski definition) is 1. The fourth-order valence-electron chi connectivity index (χ4n) is 1.20. The fraction of sp³-hybridized carbons (Fsp3) is 0.0909. The number of primary amides is 1. The molecular weight excluding hydrogens is 192 g/mol. The van der Waals surface area contributed by atoms with Crippen LogP contribution in [0, 0.1) is 0 Å². The molecule has 1 rings (SSSR count). The maximum Gasteiger partial charge on any atom is 0.319 e. The predicted molar refractivity (Wildman–Crippen MR) is 59.5 cm³/mol. The minimum atomic E-state index is -0.540. The molecule has 15 heavy (non-hydrogen) atoms. The van der Waals surface area contributed by atoms with Crippen LogP contribution in [0.1, 0.15) is 5.56 Å². The number of anilines is 1. The third kappa shape index (κ3) is 2.67. The maximum absolute atomic E-state index is 11.0. The Kier molecular flexibility index (Phi) is 3.62. The van der Waals surface area contributed by atoms with E-state index in [1.165, 1.54) is 11.0 Å². The van der Waals surface area contributed by atoms with E-state index >= 15 is 0 Å². The monoisotopic (exact) mass is 204 g/mol. The van der Waals surface area contributed by atoms with Crippen LogP contribution in [0.3, 0.4) is 0 Å². The molecule has 0 aromatic heterocycles. The molecule has 0 saturated heterocycles. The number of hydrogen-bond acceptors (Lipinski definition) is 2. The van der Waals surface area contributed by atoms with Gasteiger partial charge in [-0.2, -0.15) is 0 Å². The van der Waals surface area contributed by atoms with E-state index < -0.39 is 6.03 Å². The summed E-state index contributed by atoms with van der Waals surface area (Å²) in [5.41, 5.74) is 6.60. The Morgan fingerprint density at radius 1 is 1.40 bits per heavy atom. The molecule has 0 atom stereocenters. The Morgan fingerprint density at radius 3 is 2.67 bits per heavy atom. The molecule has 0 aliphatic heterocycles. The zero-order chi connectivity index (χ0) is 11.3. The minimum absolute atomic E-state index is 0.540. The van der Waals surface area contributed by atoms with Gasteiger partial charge < -0.3 is 5.73 Å². The van der Waals surface area contributed by atoms with E-state index in [1.54, 1.807) is 31.3 Å². The van der Waals surface area contributed by atoms with Gasteiger partial charge in [0.05, 0.1) is 5.69 Å². The Morgan fingerprint density at radius 2 is 2.07 bits per heavy atom. The van der Waals surface area contributed by atoms with Crippen molar-refractivity contribution < 1.29 is 9.59 Å². The second-order valence-electron chi connectivity index (χ2n) is 2.95. The van der Waals surface area contributed by atoms with E-state index in [0.29, 0.717) is 12.0 Å². The van der Waals surface area contributed by atoms with Crippen LogP contribution in [0.15, 0.2) is 30.3 Å².